The third kappa shape index (κ3) is 5.30. The predicted octanol–water partition coefficient (Wildman–Crippen LogP) is 9.75. The van der Waals surface area contributed by atoms with Crippen molar-refractivity contribution in [2.24, 2.45) is 0 Å². The van der Waals surface area contributed by atoms with Crippen LogP contribution in [0.4, 0.5) is 4.39 Å². The van der Waals surface area contributed by atoms with E-state index < -0.39 is 0 Å². The highest BCUT2D eigenvalue weighted by Gasteiger charge is 2.24. The van der Waals surface area contributed by atoms with E-state index in [1.165, 1.54) is 32.7 Å². The first-order valence-corrected chi connectivity index (χ1v) is 14.7. The molecule has 0 fully saturated rings. The van der Waals surface area contributed by atoms with Crippen molar-refractivity contribution in [2.45, 2.75) is 44.9 Å². The molecule has 0 amide bonds. The van der Waals surface area contributed by atoms with Gasteiger partial charge in [-0.1, -0.05) is 66.7 Å². The van der Waals surface area contributed by atoms with Crippen LogP contribution in [0.2, 0.25) is 0 Å². The van der Waals surface area contributed by atoms with Gasteiger partial charge in [0, 0.05) is 12.4 Å². The molecule has 6 aromatic rings. The van der Waals surface area contributed by atoms with Gasteiger partial charge in [-0.15, -0.1) is 0 Å². The number of benzene rings is 5. The molecule has 0 spiro atoms. The van der Waals surface area contributed by atoms with Crippen molar-refractivity contribution in [3.05, 3.63) is 125 Å². The molecule has 1 aliphatic carbocycles. The summed E-state index contributed by atoms with van der Waals surface area (Å²) in [6.45, 7) is 1.84. The lowest BCUT2D eigenvalue weighted by molar-refractivity contribution is 0.405. The summed E-state index contributed by atoms with van der Waals surface area (Å²) in [5, 5.41) is 7.13. The summed E-state index contributed by atoms with van der Waals surface area (Å²) >= 11 is 0. The maximum Gasteiger partial charge on any atom is 0.131 e. The lowest BCUT2D eigenvalue weighted by atomic mass is 9.77. The smallest absolute Gasteiger partial charge is 0.131 e. The van der Waals surface area contributed by atoms with Gasteiger partial charge in [0.2, 0.25) is 0 Å². The van der Waals surface area contributed by atoms with Crippen molar-refractivity contribution in [1.29, 1.82) is 0 Å². The van der Waals surface area contributed by atoms with Crippen LogP contribution in [0.15, 0.2) is 97.3 Å². The SMILES string of the molecule is COc1cccc2c1c(OC)cc1c3c(ccc12)C(CCc1cccc(C)c1F)CCC3.c1ccc2cnccc2c1. The van der Waals surface area contributed by atoms with E-state index in [2.05, 4.69) is 41.4 Å². The van der Waals surface area contributed by atoms with E-state index in [4.69, 9.17) is 9.47 Å². The largest absolute Gasteiger partial charge is 0.496 e. The summed E-state index contributed by atoms with van der Waals surface area (Å²) < 4.78 is 26.0. The van der Waals surface area contributed by atoms with E-state index in [9.17, 15) is 4.39 Å². The number of aromatic nitrogens is 1. The first-order valence-electron chi connectivity index (χ1n) is 14.7. The Morgan fingerprint density at radius 3 is 2.43 bits per heavy atom. The molecule has 0 saturated heterocycles. The molecule has 0 radical (unpaired) electrons. The fraction of sp³-hybridized carbons (Fsp3) is 0.237. The molecule has 42 heavy (non-hydrogen) atoms. The molecule has 1 aliphatic rings. The lowest BCUT2D eigenvalue weighted by Gasteiger charge is -2.28. The van der Waals surface area contributed by atoms with Crippen molar-refractivity contribution < 1.29 is 13.9 Å². The minimum atomic E-state index is -0.0489. The number of aryl methyl sites for hydroxylation is 3. The molecule has 0 aliphatic heterocycles. The Labute approximate surface area is 246 Å². The Bertz CT molecular complexity index is 1810. The minimum Gasteiger partial charge on any atom is -0.496 e. The van der Waals surface area contributed by atoms with Crippen LogP contribution in [0.25, 0.3) is 32.3 Å². The molecule has 5 aromatic carbocycles. The monoisotopic (exact) mass is 557 g/mol. The van der Waals surface area contributed by atoms with Gasteiger partial charge in [-0.2, -0.15) is 0 Å². The molecule has 0 bridgehead atoms. The fourth-order valence-corrected chi connectivity index (χ4v) is 6.53. The highest BCUT2D eigenvalue weighted by atomic mass is 19.1. The molecule has 3 nitrogen and oxygen atoms in total. The molecule has 1 heterocycles. The molecule has 1 unspecified atom stereocenters. The first kappa shape index (κ1) is 27.7. The zero-order valence-corrected chi connectivity index (χ0v) is 24.5. The molecular formula is C38H36FNO2. The van der Waals surface area contributed by atoms with E-state index >= 15 is 0 Å². The molecule has 0 saturated carbocycles. The first-order chi connectivity index (χ1) is 20.6. The maximum atomic E-state index is 14.5. The van der Waals surface area contributed by atoms with E-state index in [-0.39, 0.29) is 5.82 Å². The van der Waals surface area contributed by atoms with Crippen LogP contribution in [0.3, 0.4) is 0 Å². The van der Waals surface area contributed by atoms with E-state index in [1.54, 1.807) is 14.2 Å². The number of pyridine rings is 1. The molecule has 212 valence electrons. The zero-order valence-electron chi connectivity index (χ0n) is 24.5. The van der Waals surface area contributed by atoms with Gasteiger partial charge in [0.05, 0.1) is 19.6 Å². The Balaban J connectivity index is 0.000000265. The van der Waals surface area contributed by atoms with Gasteiger partial charge < -0.3 is 9.47 Å². The second-order valence-corrected chi connectivity index (χ2v) is 11.1. The van der Waals surface area contributed by atoms with Crippen LogP contribution in [0, 0.1) is 12.7 Å². The number of hydrogen-bond donors (Lipinski definition) is 0. The minimum absolute atomic E-state index is 0.0489. The van der Waals surface area contributed by atoms with E-state index in [0.717, 1.165) is 65.5 Å². The lowest BCUT2D eigenvalue weighted by Crippen LogP contribution is -2.12. The van der Waals surface area contributed by atoms with Crippen molar-refractivity contribution in [3.63, 3.8) is 0 Å². The van der Waals surface area contributed by atoms with Gasteiger partial charge in [-0.3, -0.25) is 4.98 Å². The second-order valence-electron chi connectivity index (χ2n) is 11.1. The van der Waals surface area contributed by atoms with Crippen molar-refractivity contribution in [1.82, 2.24) is 4.98 Å². The number of hydrogen-bond acceptors (Lipinski definition) is 3. The highest BCUT2D eigenvalue weighted by molar-refractivity contribution is 6.13. The normalized spacial score (nSPS) is 14.3. The average Bonchev–Trinajstić information content (AvgIpc) is 3.04. The van der Waals surface area contributed by atoms with Crippen LogP contribution in [-0.4, -0.2) is 19.2 Å². The number of fused-ring (bicyclic) bond motifs is 6. The predicted molar refractivity (Wildman–Crippen MR) is 171 cm³/mol. The number of halogens is 1. The Kier molecular flexibility index (Phi) is 8.05. The molecular weight excluding hydrogens is 521 g/mol. The molecule has 1 atom stereocenters. The fourth-order valence-electron chi connectivity index (χ4n) is 6.53. The van der Waals surface area contributed by atoms with Crippen LogP contribution in [-0.2, 0) is 12.8 Å². The standard InChI is InChI=1S/C29H29FO2.C9H7N/c1-18-7-4-9-20(29(18)30)14-13-19-8-5-10-22-21(19)15-16-23-24-11-6-12-26(31-2)28(24)27(32-3)17-25(22)23;1-2-4-9-7-10-6-5-8(9)3-1/h4,6-7,9,11-12,15-17,19H,5,8,10,13-14H2,1-3H3;1-7H. The van der Waals surface area contributed by atoms with Gasteiger partial charge in [-0.05, 0) is 112 Å². The van der Waals surface area contributed by atoms with Crippen LogP contribution < -0.4 is 9.47 Å². The topological polar surface area (TPSA) is 31.4 Å². The van der Waals surface area contributed by atoms with Gasteiger partial charge in [-0.25, -0.2) is 4.39 Å². The van der Waals surface area contributed by atoms with Crippen molar-refractivity contribution in [2.75, 3.05) is 14.2 Å². The Morgan fingerprint density at radius 1 is 0.810 bits per heavy atom. The molecule has 4 heteroatoms. The molecule has 1 aromatic heterocycles. The second kappa shape index (κ2) is 12.2. The van der Waals surface area contributed by atoms with Crippen molar-refractivity contribution >= 4 is 32.3 Å². The number of methoxy groups -OCH3 is 2. The summed E-state index contributed by atoms with van der Waals surface area (Å²) in [4.78, 5) is 4.01. The van der Waals surface area contributed by atoms with Gasteiger partial charge >= 0.3 is 0 Å². The van der Waals surface area contributed by atoms with Gasteiger partial charge in [0.1, 0.15) is 17.3 Å². The van der Waals surface area contributed by atoms with Crippen LogP contribution in [0.5, 0.6) is 11.5 Å². The van der Waals surface area contributed by atoms with Crippen molar-refractivity contribution in [3.8, 4) is 11.5 Å². The van der Waals surface area contributed by atoms with E-state index in [0.29, 0.717) is 5.92 Å². The quantitative estimate of drug-likeness (QED) is 0.198. The summed E-state index contributed by atoms with van der Waals surface area (Å²) in [6.07, 6.45) is 8.81. The number of ether oxygens (including phenoxy) is 2. The third-order valence-electron chi connectivity index (χ3n) is 8.67. The average molecular weight is 558 g/mol. The zero-order chi connectivity index (χ0) is 29.1. The highest BCUT2D eigenvalue weighted by Crippen LogP contribution is 2.44. The summed E-state index contributed by atoms with van der Waals surface area (Å²) in [7, 11) is 3.43. The molecule has 0 N–H and O–H groups in total. The van der Waals surface area contributed by atoms with Crippen LogP contribution in [0.1, 0.15) is 47.4 Å². The Morgan fingerprint density at radius 2 is 1.62 bits per heavy atom. The van der Waals surface area contributed by atoms with E-state index in [1.807, 2.05) is 67.8 Å². The van der Waals surface area contributed by atoms with Crippen LogP contribution >= 0.6 is 0 Å². The van der Waals surface area contributed by atoms with Gasteiger partial charge in [0.15, 0.2) is 0 Å². The van der Waals surface area contributed by atoms with Gasteiger partial charge in [0.25, 0.3) is 0 Å². The summed E-state index contributed by atoms with van der Waals surface area (Å²) in [5.41, 5.74) is 4.40. The third-order valence-corrected chi connectivity index (χ3v) is 8.67. The summed E-state index contributed by atoms with van der Waals surface area (Å²) in [6, 6.07) is 28.8. The maximum absolute atomic E-state index is 14.5. The summed E-state index contributed by atoms with van der Waals surface area (Å²) in [5.74, 6) is 2.08. The Hall–Kier alpha value is -4.44. The number of rotatable bonds is 5. The molecule has 7 rings (SSSR count). The number of nitrogens with zero attached hydrogens (tertiary/aromatic N) is 1.